The molecule has 5 rings (SSSR count). The maximum atomic E-state index is 12.6. The minimum absolute atomic E-state index is 0.236. The van der Waals surface area contributed by atoms with E-state index in [2.05, 4.69) is 31.7 Å². The van der Waals surface area contributed by atoms with E-state index in [9.17, 15) is 4.79 Å². The Morgan fingerprint density at radius 2 is 1.79 bits per heavy atom. The lowest BCUT2D eigenvalue weighted by atomic mass is 10.1. The Balaban J connectivity index is 1.22. The highest BCUT2D eigenvalue weighted by Crippen LogP contribution is 2.38. The zero-order valence-electron chi connectivity index (χ0n) is 21.8. The van der Waals surface area contributed by atoms with E-state index < -0.39 is 0 Å². The normalized spacial score (nSPS) is 12.6. The van der Waals surface area contributed by atoms with Gasteiger partial charge in [-0.15, -0.1) is 0 Å². The molecule has 1 heterocycles. The number of para-hydroxylation sites is 2. The number of nitrogens with one attached hydrogen (secondary N) is 2. The SMILES string of the molecule is COc1cccc(CCNc2nc(C3CC3)nc(N(N)Cc3ccc(C(=O)Nc4ccccc4N)cc3)n2)c1. The monoisotopic (exact) mass is 524 g/mol. The van der Waals surface area contributed by atoms with Gasteiger partial charge >= 0.3 is 0 Å². The number of carbonyl (C=O) groups excluding carboxylic acids is 1. The average Bonchev–Trinajstić information content (AvgIpc) is 3.80. The number of rotatable bonds is 11. The second-order valence-electron chi connectivity index (χ2n) is 9.49. The number of amides is 1. The molecule has 1 amide bonds. The van der Waals surface area contributed by atoms with Crippen molar-refractivity contribution in [1.82, 2.24) is 15.0 Å². The van der Waals surface area contributed by atoms with Crippen LogP contribution in [-0.2, 0) is 13.0 Å². The molecule has 4 aromatic rings. The molecule has 10 nitrogen and oxygen atoms in total. The maximum absolute atomic E-state index is 12.6. The van der Waals surface area contributed by atoms with E-state index in [1.807, 2.05) is 42.5 Å². The van der Waals surface area contributed by atoms with E-state index in [4.69, 9.17) is 16.3 Å². The van der Waals surface area contributed by atoms with Crippen LogP contribution in [0.15, 0.2) is 72.8 Å². The van der Waals surface area contributed by atoms with E-state index in [1.54, 1.807) is 31.4 Å². The molecule has 1 aliphatic rings. The largest absolute Gasteiger partial charge is 0.497 e. The second-order valence-corrected chi connectivity index (χ2v) is 9.49. The quantitative estimate of drug-likeness (QED) is 0.129. The fourth-order valence-electron chi connectivity index (χ4n) is 4.09. The predicted molar refractivity (Wildman–Crippen MR) is 153 cm³/mol. The van der Waals surface area contributed by atoms with Gasteiger partial charge in [0.05, 0.1) is 25.0 Å². The molecule has 0 aliphatic heterocycles. The van der Waals surface area contributed by atoms with Crippen LogP contribution in [-0.4, -0.2) is 34.5 Å². The molecule has 200 valence electrons. The van der Waals surface area contributed by atoms with Crippen molar-refractivity contribution in [3.63, 3.8) is 0 Å². The molecule has 1 saturated carbocycles. The van der Waals surface area contributed by atoms with Gasteiger partial charge in [0.2, 0.25) is 11.9 Å². The van der Waals surface area contributed by atoms with Crippen LogP contribution in [0.4, 0.5) is 23.3 Å². The van der Waals surface area contributed by atoms with Gasteiger partial charge in [0, 0.05) is 18.0 Å². The predicted octanol–water partition coefficient (Wildman–Crippen LogP) is 4.13. The molecule has 0 unspecified atom stereocenters. The van der Waals surface area contributed by atoms with Gasteiger partial charge in [0.1, 0.15) is 11.6 Å². The van der Waals surface area contributed by atoms with Crippen molar-refractivity contribution >= 4 is 29.2 Å². The summed E-state index contributed by atoms with van der Waals surface area (Å²) in [7, 11) is 1.66. The van der Waals surface area contributed by atoms with Crippen molar-refractivity contribution in [3.8, 4) is 5.75 Å². The van der Waals surface area contributed by atoms with E-state index in [-0.39, 0.29) is 5.91 Å². The molecule has 0 saturated heterocycles. The molecule has 1 fully saturated rings. The third kappa shape index (κ3) is 6.79. The molecule has 10 heteroatoms. The Bertz CT molecular complexity index is 1440. The van der Waals surface area contributed by atoms with Crippen molar-refractivity contribution in [1.29, 1.82) is 0 Å². The van der Waals surface area contributed by atoms with Crippen LogP contribution in [0.5, 0.6) is 5.75 Å². The zero-order valence-corrected chi connectivity index (χ0v) is 21.8. The Labute approximate surface area is 227 Å². The van der Waals surface area contributed by atoms with Crippen LogP contribution < -0.4 is 32.0 Å². The third-order valence-corrected chi connectivity index (χ3v) is 6.45. The van der Waals surface area contributed by atoms with Crippen LogP contribution >= 0.6 is 0 Å². The van der Waals surface area contributed by atoms with Gasteiger partial charge in [-0.2, -0.15) is 15.0 Å². The standard InChI is InChI=1S/C29H32N8O2/c1-39-23-6-4-5-19(17-23)15-16-32-28-34-26(21-13-14-21)35-29(36-28)37(31)18-20-9-11-22(12-10-20)27(38)33-25-8-3-2-7-24(25)30/h2-12,17,21H,13-16,18,30-31H2,1H3,(H,33,38)(H,32,34,35,36). The van der Waals surface area contributed by atoms with E-state index >= 15 is 0 Å². The molecule has 1 aromatic heterocycles. The first-order chi connectivity index (χ1) is 19.0. The van der Waals surface area contributed by atoms with Crippen LogP contribution in [0.3, 0.4) is 0 Å². The van der Waals surface area contributed by atoms with Crippen molar-refractivity contribution in [2.75, 3.05) is 35.0 Å². The van der Waals surface area contributed by atoms with Gasteiger partial charge in [-0.1, -0.05) is 36.4 Å². The number of nitrogens with two attached hydrogens (primary N) is 2. The van der Waals surface area contributed by atoms with E-state index in [1.165, 1.54) is 5.01 Å². The number of nitrogens with zero attached hydrogens (tertiary/aromatic N) is 4. The molecule has 0 spiro atoms. The van der Waals surface area contributed by atoms with Crippen molar-refractivity contribution in [3.05, 3.63) is 95.3 Å². The topological polar surface area (TPSA) is 144 Å². The van der Waals surface area contributed by atoms with Crippen molar-refractivity contribution in [2.24, 2.45) is 5.84 Å². The number of hydrogen-bond acceptors (Lipinski definition) is 9. The summed E-state index contributed by atoms with van der Waals surface area (Å²) in [6.45, 7) is 1.02. The summed E-state index contributed by atoms with van der Waals surface area (Å²) in [5.41, 5.74) is 9.60. The summed E-state index contributed by atoms with van der Waals surface area (Å²) in [4.78, 5) is 26.5. The van der Waals surface area contributed by atoms with Crippen LogP contribution in [0.1, 0.15) is 46.1 Å². The fraction of sp³-hybridized carbons (Fsp3) is 0.241. The maximum Gasteiger partial charge on any atom is 0.255 e. The Morgan fingerprint density at radius 3 is 2.54 bits per heavy atom. The number of benzene rings is 3. The molecule has 3 aromatic carbocycles. The van der Waals surface area contributed by atoms with Gasteiger partial charge in [0.25, 0.3) is 5.91 Å². The summed E-state index contributed by atoms with van der Waals surface area (Å²) in [6.07, 6.45) is 2.92. The number of carbonyl (C=O) groups is 1. The molecule has 39 heavy (non-hydrogen) atoms. The molecular weight excluding hydrogens is 492 g/mol. The Hall–Kier alpha value is -4.70. The van der Waals surface area contributed by atoms with Gasteiger partial charge in [0.15, 0.2) is 0 Å². The van der Waals surface area contributed by atoms with Crippen LogP contribution in [0.2, 0.25) is 0 Å². The highest BCUT2D eigenvalue weighted by molar-refractivity contribution is 6.05. The lowest BCUT2D eigenvalue weighted by Crippen LogP contribution is -2.32. The van der Waals surface area contributed by atoms with Crippen LogP contribution in [0, 0.1) is 0 Å². The highest BCUT2D eigenvalue weighted by atomic mass is 16.5. The molecule has 0 radical (unpaired) electrons. The minimum Gasteiger partial charge on any atom is -0.497 e. The third-order valence-electron chi connectivity index (χ3n) is 6.45. The molecule has 0 bridgehead atoms. The average molecular weight is 525 g/mol. The van der Waals surface area contributed by atoms with Crippen LogP contribution in [0.25, 0.3) is 0 Å². The number of anilines is 4. The number of ether oxygens (including phenoxy) is 1. The summed E-state index contributed by atoms with van der Waals surface area (Å²) in [5.74, 6) is 9.00. The number of hydrazine groups is 1. The highest BCUT2D eigenvalue weighted by Gasteiger charge is 2.28. The van der Waals surface area contributed by atoms with Gasteiger partial charge < -0.3 is 21.1 Å². The zero-order chi connectivity index (χ0) is 27.2. The first-order valence-electron chi connectivity index (χ1n) is 12.9. The number of hydrogen-bond donors (Lipinski definition) is 4. The van der Waals surface area contributed by atoms with Crippen molar-refractivity contribution < 1.29 is 9.53 Å². The van der Waals surface area contributed by atoms with Gasteiger partial charge in [-0.25, -0.2) is 5.84 Å². The first kappa shape index (κ1) is 25.9. The second kappa shape index (κ2) is 11.8. The summed E-state index contributed by atoms with van der Waals surface area (Å²) in [5, 5.41) is 7.65. The number of aromatic nitrogens is 3. The van der Waals surface area contributed by atoms with E-state index in [0.717, 1.165) is 42.0 Å². The fourth-order valence-corrected chi connectivity index (χ4v) is 4.09. The summed E-state index contributed by atoms with van der Waals surface area (Å²) >= 11 is 0. The Morgan fingerprint density at radius 1 is 1.00 bits per heavy atom. The summed E-state index contributed by atoms with van der Waals surface area (Å²) < 4.78 is 5.31. The van der Waals surface area contributed by atoms with Gasteiger partial charge in [-0.05, 0) is 66.8 Å². The van der Waals surface area contributed by atoms with E-state index in [0.29, 0.717) is 47.8 Å². The minimum atomic E-state index is -0.236. The number of methoxy groups -OCH3 is 1. The molecule has 6 N–H and O–H groups in total. The lowest BCUT2D eigenvalue weighted by Gasteiger charge is -2.18. The number of nitrogen functional groups attached to an aromatic ring is 1. The Kier molecular flexibility index (Phi) is 7.83. The molecular formula is C29H32N8O2. The smallest absolute Gasteiger partial charge is 0.255 e. The van der Waals surface area contributed by atoms with Gasteiger partial charge in [-0.3, -0.25) is 9.80 Å². The van der Waals surface area contributed by atoms with Crippen molar-refractivity contribution in [2.45, 2.75) is 31.7 Å². The summed E-state index contributed by atoms with van der Waals surface area (Å²) in [6, 6.07) is 22.4. The lowest BCUT2D eigenvalue weighted by molar-refractivity contribution is 0.102. The first-order valence-corrected chi connectivity index (χ1v) is 12.9. The molecule has 0 atom stereocenters. The molecule has 1 aliphatic carbocycles.